The maximum atomic E-state index is 10.3. The molecule has 0 amide bonds. The van der Waals surface area contributed by atoms with E-state index in [-0.39, 0.29) is 25.2 Å². The summed E-state index contributed by atoms with van der Waals surface area (Å²) < 4.78 is 0. The summed E-state index contributed by atoms with van der Waals surface area (Å²) in [5, 5.41) is 40.6. The molecular formula is C9H15NO9. The molecule has 0 aromatic heterocycles. The Morgan fingerprint density at radius 3 is 1.42 bits per heavy atom. The Labute approximate surface area is 107 Å². The van der Waals surface area contributed by atoms with E-state index in [0.717, 1.165) is 0 Å². The van der Waals surface area contributed by atoms with E-state index in [2.05, 4.69) is 0 Å². The molecule has 110 valence electrons. The van der Waals surface area contributed by atoms with Crippen LogP contribution in [0.4, 0.5) is 0 Å². The molecule has 0 aliphatic heterocycles. The Bertz CT molecular complexity index is 323. The highest BCUT2D eigenvalue weighted by atomic mass is 16.4. The normalized spacial score (nSPS) is 12.6. The molecule has 0 saturated heterocycles. The lowest BCUT2D eigenvalue weighted by Gasteiger charge is -2.07. The summed E-state index contributed by atoms with van der Waals surface area (Å²) in [6.07, 6.45) is -4.60. The Morgan fingerprint density at radius 1 is 0.842 bits per heavy atom. The van der Waals surface area contributed by atoms with Gasteiger partial charge >= 0.3 is 17.9 Å². The first-order valence-corrected chi connectivity index (χ1v) is 4.88. The van der Waals surface area contributed by atoms with E-state index in [1.54, 1.807) is 0 Å². The van der Waals surface area contributed by atoms with Gasteiger partial charge in [0, 0.05) is 6.42 Å². The van der Waals surface area contributed by atoms with Gasteiger partial charge < -0.3 is 31.3 Å². The number of carboxylic acid groups (broad SMARTS) is 3. The van der Waals surface area contributed by atoms with E-state index < -0.39 is 30.1 Å². The third-order valence-corrected chi connectivity index (χ3v) is 1.65. The second-order valence-corrected chi connectivity index (χ2v) is 3.20. The van der Waals surface area contributed by atoms with E-state index in [0.29, 0.717) is 0 Å². The summed E-state index contributed by atoms with van der Waals surface area (Å²) in [6, 6.07) is 0. The minimum Gasteiger partial charge on any atom is -0.481 e. The van der Waals surface area contributed by atoms with Crippen LogP contribution < -0.4 is 5.73 Å². The minimum absolute atomic E-state index is 0.0475. The number of aliphatic hydroxyl groups is 2. The largest absolute Gasteiger partial charge is 0.481 e. The molecule has 0 heterocycles. The van der Waals surface area contributed by atoms with Crippen LogP contribution in [0.3, 0.4) is 0 Å². The van der Waals surface area contributed by atoms with Gasteiger partial charge in [0.05, 0.1) is 13.0 Å². The van der Waals surface area contributed by atoms with Gasteiger partial charge in [-0.05, 0) is 0 Å². The summed E-state index contributed by atoms with van der Waals surface area (Å²) in [5.41, 5.74) is 4.92. The van der Waals surface area contributed by atoms with Crippen molar-refractivity contribution in [3.63, 3.8) is 0 Å². The highest BCUT2D eigenvalue weighted by Gasteiger charge is 2.29. The molecule has 0 aliphatic rings. The van der Waals surface area contributed by atoms with Gasteiger partial charge in [0.2, 0.25) is 0 Å². The maximum Gasteiger partial charge on any atom is 0.335 e. The molecule has 19 heavy (non-hydrogen) atoms. The first kappa shape index (κ1) is 19.3. The molecule has 10 heteroatoms. The fraction of sp³-hybridized carbons (Fsp3) is 0.556. The first-order chi connectivity index (χ1) is 8.63. The molecule has 0 spiro atoms. The lowest BCUT2D eigenvalue weighted by Crippen LogP contribution is -2.39. The molecule has 0 bridgehead atoms. The zero-order chi connectivity index (χ0) is 15.6. The molecule has 0 aliphatic carbocycles. The van der Waals surface area contributed by atoms with Crippen molar-refractivity contribution in [1.29, 1.82) is 0 Å². The van der Waals surface area contributed by atoms with Gasteiger partial charge in [-0.15, -0.1) is 0 Å². The minimum atomic E-state index is -2.27. The van der Waals surface area contributed by atoms with Crippen LogP contribution in [0.25, 0.3) is 0 Å². The van der Waals surface area contributed by atoms with E-state index in [4.69, 9.17) is 31.3 Å². The van der Waals surface area contributed by atoms with Crippen LogP contribution in [0.5, 0.6) is 0 Å². The third-order valence-electron chi connectivity index (χ3n) is 1.65. The number of carbonyl (C=O) groups is 4. The number of hydrogen-bond acceptors (Lipinski definition) is 7. The van der Waals surface area contributed by atoms with Crippen molar-refractivity contribution in [2.75, 3.05) is 6.54 Å². The summed E-state index contributed by atoms with van der Waals surface area (Å²) in [7, 11) is 0. The van der Waals surface area contributed by atoms with Crippen LogP contribution >= 0.6 is 0 Å². The number of Topliss-reactive ketones (excluding diaryl/α,β-unsaturated/α-hetero) is 1. The Balaban J connectivity index is 0. The molecule has 0 aromatic rings. The highest BCUT2D eigenvalue weighted by Crippen LogP contribution is 1.92. The van der Waals surface area contributed by atoms with Crippen LogP contribution in [0.2, 0.25) is 0 Å². The smallest absolute Gasteiger partial charge is 0.335 e. The summed E-state index contributed by atoms with van der Waals surface area (Å²) in [6.45, 7) is -0.0622. The van der Waals surface area contributed by atoms with Crippen molar-refractivity contribution < 1.29 is 44.7 Å². The van der Waals surface area contributed by atoms with Gasteiger partial charge in [0.15, 0.2) is 12.2 Å². The second-order valence-electron chi connectivity index (χ2n) is 3.20. The molecule has 0 saturated carbocycles. The lowest BCUT2D eigenvalue weighted by molar-refractivity contribution is -0.165. The van der Waals surface area contributed by atoms with Gasteiger partial charge in [-0.2, -0.15) is 0 Å². The highest BCUT2D eigenvalue weighted by molar-refractivity contribution is 5.83. The number of carboxylic acids is 3. The van der Waals surface area contributed by atoms with Crippen LogP contribution in [0, 0.1) is 0 Å². The third kappa shape index (κ3) is 10.8. The van der Waals surface area contributed by atoms with Crippen molar-refractivity contribution >= 4 is 23.7 Å². The average Bonchev–Trinajstić information content (AvgIpc) is 2.34. The summed E-state index contributed by atoms with van der Waals surface area (Å²) >= 11 is 0. The average molecular weight is 281 g/mol. The molecule has 0 rings (SSSR count). The van der Waals surface area contributed by atoms with Crippen molar-refractivity contribution in [3.8, 4) is 0 Å². The van der Waals surface area contributed by atoms with E-state index in [1.165, 1.54) is 0 Å². The standard InChI is InChI=1S/C5H9NO3.C4H6O6/c6-3-4(7)1-2-5(8)9;5-1(3(7)8)2(6)4(9)10/h1-3,6H2,(H,8,9);1-2,5-6H,(H,7,8)(H,9,10). The van der Waals surface area contributed by atoms with E-state index >= 15 is 0 Å². The maximum absolute atomic E-state index is 10.3. The van der Waals surface area contributed by atoms with Gasteiger partial charge in [0.1, 0.15) is 5.78 Å². The Hall–Kier alpha value is -2.04. The van der Waals surface area contributed by atoms with Gasteiger partial charge in [-0.25, -0.2) is 9.59 Å². The Morgan fingerprint density at radius 2 is 1.21 bits per heavy atom. The van der Waals surface area contributed by atoms with Crippen LogP contribution in [-0.2, 0) is 19.2 Å². The molecular weight excluding hydrogens is 266 g/mol. The summed E-state index contributed by atoms with van der Waals surface area (Å²) in [5.74, 6) is -4.71. The van der Waals surface area contributed by atoms with Gasteiger partial charge in [0.25, 0.3) is 0 Å². The van der Waals surface area contributed by atoms with Crippen LogP contribution in [0.15, 0.2) is 0 Å². The number of carbonyl (C=O) groups excluding carboxylic acids is 1. The van der Waals surface area contributed by atoms with Crippen LogP contribution in [-0.4, -0.2) is 68.0 Å². The lowest BCUT2D eigenvalue weighted by atomic mass is 10.2. The number of rotatable bonds is 7. The number of ketones is 1. The first-order valence-electron chi connectivity index (χ1n) is 4.88. The Kier molecular flexibility index (Phi) is 10.1. The molecule has 10 nitrogen and oxygen atoms in total. The number of hydrogen-bond donors (Lipinski definition) is 6. The predicted molar refractivity (Wildman–Crippen MR) is 58.2 cm³/mol. The van der Waals surface area contributed by atoms with Crippen molar-refractivity contribution in [2.24, 2.45) is 5.73 Å². The molecule has 7 N–H and O–H groups in total. The monoisotopic (exact) mass is 281 g/mol. The van der Waals surface area contributed by atoms with E-state index in [1.807, 2.05) is 0 Å². The van der Waals surface area contributed by atoms with E-state index in [9.17, 15) is 19.2 Å². The quantitative estimate of drug-likeness (QED) is 0.284. The van der Waals surface area contributed by atoms with Gasteiger partial charge in [-0.1, -0.05) is 0 Å². The number of aliphatic carboxylic acids is 3. The summed E-state index contributed by atoms with van der Waals surface area (Å²) in [4.78, 5) is 39.7. The molecule has 0 aromatic carbocycles. The zero-order valence-electron chi connectivity index (χ0n) is 9.72. The predicted octanol–water partition coefficient (Wildman–Crippen LogP) is -2.74. The SMILES string of the molecule is NCC(=O)CCC(=O)O.O=C(O)C(O)C(O)C(=O)O. The number of nitrogens with two attached hydrogens (primary N) is 1. The molecule has 2 atom stereocenters. The topological polar surface area (TPSA) is 195 Å². The fourth-order valence-electron chi connectivity index (χ4n) is 0.619. The zero-order valence-corrected chi connectivity index (χ0v) is 9.72. The molecule has 0 radical (unpaired) electrons. The fourth-order valence-corrected chi connectivity index (χ4v) is 0.619. The van der Waals surface area contributed by atoms with Crippen molar-refractivity contribution in [1.82, 2.24) is 0 Å². The van der Waals surface area contributed by atoms with Crippen LogP contribution in [0.1, 0.15) is 12.8 Å². The molecule has 0 fully saturated rings. The second kappa shape index (κ2) is 9.94. The van der Waals surface area contributed by atoms with Crippen molar-refractivity contribution in [2.45, 2.75) is 25.0 Å². The number of aliphatic hydroxyl groups excluding tert-OH is 2. The van der Waals surface area contributed by atoms with Gasteiger partial charge in [-0.3, -0.25) is 9.59 Å². The molecule has 2 unspecified atom stereocenters. The van der Waals surface area contributed by atoms with Crippen molar-refractivity contribution in [3.05, 3.63) is 0 Å².